The number of carbonyl (C=O) groups is 1. The molecule has 2 aliphatic heterocycles. The molecule has 0 aliphatic carbocycles. The predicted molar refractivity (Wildman–Crippen MR) is 82.7 cm³/mol. The van der Waals surface area contributed by atoms with Gasteiger partial charge in [0.2, 0.25) is 5.91 Å². The molecular weight excluding hydrogens is 250 g/mol. The van der Waals surface area contributed by atoms with E-state index >= 15 is 0 Å². The fraction of sp³-hybridized carbons (Fsp3) is 0.938. The minimum atomic E-state index is 0.0305. The number of hydrogen-bond donors (Lipinski definition) is 1. The van der Waals surface area contributed by atoms with E-state index in [1.807, 2.05) is 14.1 Å². The number of nitrogens with zero attached hydrogens (tertiary/aromatic N) is 2. The van der Waals surface area contributed by atoms with Crippen molar-refractivity contribution in [2.75, 3.05) is 33.7 Å². The molecule has 2 unspecified atom stereocenters. The first-order valence-electron chi connectivity index (χ1n) is 8.29. The Morgan fingerprint density at radius 2 is 1.85 bits per heavy atom. The smallest absolute Gasteiger partial charge is 0.239 e. The maximum absolute atomic E-state index is 12.4. The Balaban J connectivity index is 2.09. The Kier molecular flexibility index (Phi) is 5.85. The van der Waals surface area contributed by atoms with Gasteiger partial charge >= 0.3 is 0 Å². The van der Waals surface area contributed by atoms with E-state index in [0.717, 1.165) is 25.6 Å². The van der Waals surface area contributed by atoms with Crippen molar-refractivity contribution >= 4 is 5.91 Å². The minimum Gasteiger partial charge on any atom is -0.347 e. The highest BCUT2D eigenvalue weighted by molar-refractivity contribution is 5.81. The van der Waals surface area contributed by atoms with E-state index in [0.29, 0.717) is 6.04 Å². The summed E-state index contributed by atoms with van der Waals surface area (Å²) < 4.78 is 0. The fourth-order valence-corrected chi connectivity index (χ4v) is 3.89. The van der Waals surface area contributed by atoms with Gasteiger partial charge < -0.3 is 10.2 Å². The molecule has 4 heteroatoms. The van der Waals surface area contributed by atoms with Crippen molar-refractivity contribution in [1.82, 2.24) is 15.1 Å². The van der Waals surface area contributed by atoms with Crippen LogP contribution in [0.25, 0.3) is 0 Å². The van der Waals surface area contributed by atoms with Crippen LogP contribution in [0.4, 0.5) is 0 Å². The van der Waals surface area contributed by atoms with E-state index in [1.165, 1.54) is 38.5 Å². The minimum absolute atomic E-state index is 0.0305. The number of rotatable bonds is 3. The van der Waals surface area contributed by atoms with E-state index < -0.39 is 0 Å². The molecule has 0 aromatic rings. The molecule has 1 amide bonds. The summed E-state index contributed by atoms with van der Waals surface area (Å²) in [7, 11) is 3.74. The van der Waals surface area contributed by atoms with Gasteiger partial charge in [-0.15, -0.1) is 0 Å². The topological polar surface area (TPSA) is 35.6 Å². The molecule has 2 fully saturated rings. The van der Waals surface area contributed by atoms with E-state index in [-0.39, 0.29) is 11.9 Å². The zero-order chi connectivity index (χ0) is 14.5. The van der Waals surface area contributed by atoms with Crippen LogP contribution in [0, 0.1) is 5.92 Å². The van der Waals surface area contributed by atoms with Gasteiger partial charge in [-0.05, 0) is 58.2 Å². The van der Waals surface area contributed by atoms with Gasteiger partial charge in [0.1, 0.15) is 0 Å². The molecule has 2 rings (SSSR count). The number of amides is 1. The van der Waals surface area contributed by atoms with E-state index in [1.54, 1.807) is 4.90 Å². The number of likely N-dealkylation sites (tertiary alicyclic amines) is 1. The third-order valence-corrected chi connectivity index (χ3v) is 5.07. The molecule has 0 bridgehead atoms. The predicted octanol–water partition coefficient (Wildman–Crippen LogP) is 1.71. The average Bonchev–Trinajstić information content (AvgIpc) is 2.72. The second-order valence-electron chi connectivity index (χ2n) is 6.65. The van der Waals surface area contributed by atoms with Gasteiger partial charge in [-0.2, -0.15) is 0 Å². The van der Waals surface area contributed by atoms with E-state index in [4.69, 9.17) is 0 Å². The summed E-state index contributed by atoms with van der Waals surface area (Å²) in [6.45, 7) is 5.48. The molecule has 2 saturated heterocycles. The Bertz CT molecular complexity index is 313. The molecule has 0 aromatic carbocycles. The summed E-state index contributed by atoms with van der Waals surface area (Å²) >= 11 is 0. The van der Waals surface area contributed by atoms with Crippen LogP contribution in [0.5, 0.6) is 0 Å². The molecule has 1 N–H and O–H groups in total. The van der Waals surface area contributed by atoms with Crippen molar-refractivity contribution in [2.24, 2.45) is 5.92 Å². The van der Waals surface area contributed by atoms with Crippen LogP contribution in [0.1, 0.15) is 45.4 Å². The molecule has 0 spiro atoms. The zero-order valence-electron chi connectivity index (χ0n) is 13.4. The summed E-state index contributed by atoms with van der Waals surface area (Å²) in [6, 6.07) is 0.640. The SMILES string of the molecule is CC(C(=O)N(C)C)N1CCCCCC1C1CCNCC1. The molecule has 20 heavy (non-hydrogen) atoms. The van der Waals surface area contributed by atoms with Crippen LogP contribution in [-0.2, 0) is 4.79 Å². The Morgan fingerprint density at radius 1 is 1.15 bits per heavy atom. The first-order chi connectivity index (χ1) is 9.61. The van der Waals surface area contributed by atoms with E-state index in [2.05, 4.69) is 17.1 Å². The van der Waals surface area contributed by atoms with Crippen molar-refractivity contribution in [3.05, 3.63) is 0 Å². The molecule has 116 valence electrons. The standard InChI is InChI=1S/C16H31N3O/c1-13(16(20)18(2)3)19-12-6-4-5-7-15(19)14-8-10-17-11-9-14/h13-15,17H,4-12H2,1-3H3. The number of piperidine rings is 1. The molecule has 2 heterocycles. The average molecular weight is 281 g/mol. The second-order valence-corrected chi connectivity index (χ2v) is 6.65. The number of carbonyl (C=O) groups excluding carboxylic acids is 1. The van der Waals surface area contributed by atoms with Gasteiger partial charge in [-0.1, -0.05) is 12.8 Å². The molecule has 2 atom stereocenters. The first-order valence-corrected chi connectivity index (χ1v) is 8.29. The maximum Gasteiger partial charge on any atom is 0.239 e. The summed E-state index contributed by atoms with van der Waals surface area (Å²) in [4.78, 5) is 16.6. The van der Waals surface area contributed by atoms with Crippen LogP contribution in [-0.4, -0.2) is 61.5 Å². The van der Waals surface area contributed by atoms with Gasteiger partial charge in [0, 0.05) is 20.1 Å². The van der Waals surface area contributed by atoms with Crippen LogP contribution >= 0.6 is 0 Å². The van der Waals surface area contributed by atoms with Crippen LogP contribution in [0.2, 0.25) is 0 Å². The van der Waals surface area contributed by atoms with Gasteiger partial charge in [0.15, 0.2) is 0 Å². The van der Waals surface area contributed by atoms with Gasteiger partial charge in [0.05, 0.1) is 6.04 Å². The molecule has 0 radical (unpaired) electrons. The lowest BCUT2D eigenvalue weighted by Crippen LogP contribution is -2.52. The highest BCUT2D eigenvalue weighted by Gasteiger charge is 2.34. The van der Waals surface area contributed by atoms with Crippen LogP contribution in [0.15, 0.2) is 0 Å². The highest BCUT2D eigenvalue weighted by Crippen LogP contribution is 2.29. The van der Waals surface area contributed by atoms with Crippen LogP contribution < -0.4 is 5.32 Å². The number of hydrogen-bond acceptors (Lipinski definition) is 3. The summed E-state index contributed by atoms with van der Waals surface area (Å²) in [5.41, 5.74) is 0. The number of likely N-dealkylation sites (N-methyl/N-ethyl adjacent to an activating group) is 1. The highest BCUT2D eigenvalue weighted by atomic mass is 16.2. The Morgan fingerprint density at radius 3 is 2.50 bits per heavy atom. The molecule has 0 saturated carbocycles. The van der Waals surface area contributed by atoms with Crippen molar-refractivity contribution < 1.29 is 4.79 Å². The van der Waals surface area contributed by atoms with Crippen molar-refractivity contribution in [1.29, 1.82) is 0 Å². The van der Waals surface area contributed by atoms with Crippen LogP contribution in [0.3, 0.4) is 0 Å². The maximum atomic E-state index is 12.4. The number of nitrogens with one attached hydrogen (secondary N) is 1. The van der Waals surface area contributed by atoms with Crippen molar-refractivity contribution in [3.63, 3.8) is 0 Å². The van der Waals surface area contributed by atoms with Gasteiger partial charge in [-0.3, -0.25) is 9.69 Å². The fourth-order valence-electron chi connectivity index (χ4n) is 3.89. The summed E-state index contributed by atoms with van der Waals surface area (Å²) in [5.74, 6) is 1.03. The zero-order valence-corrected chi connectivity index (χ0v) is 13.4. The lowest BCUT2D eigenvalue weighted by Gasteiger charge is -2.41. The largest absolute Gasteiger partial charge is 0.347 e. The molecular formula is C16H31N3O. The van der Waals surface area contributed by atoms with Gasteiger partial charge in [-0.25, -0.2) is 0 Å². The second kappa shape index (κ2) is 7.41. The molecule has 4 nitrogen and oxygen atoms in total. The Labute approximate surface area is 123 Å². The monoisotopic (exact) mass is 281 g/mol. The van der Waals surface area contributed by atoms with E-state index in [9.17, 15) is 4.79 Å². The van der Waals surface area contributed by atoms with Gasteiger partial charge in [0.25, 0.3) is 0 Å². The lowest BCUT2D eigenvalue weighted by atomic mass is 9.86. The Hall–Kier alpha value is -0.610. The molecule has 0 aromatic heterocycles. The molecule has 2 aliphatic rings. The third kappa shape index (κ3) is 3.73. The van der Waals surface area contributed by atoms with Crippen molar-refractivity contribution in [2.45, 2.75) is 57.5 Å². The summed E-state index contributed by atoms with van der Waals surface area (Å²) in [5, 5.41) is 3.46. The first kappa shape index (κ1) is 15.8. The third-order valence-electron chi connectivity index (χ3n) is 5.07. The quantitative estimate of drug-likeness (QED) is 0.855. The lowest BCUT2D eigenvalue weighted by molar-refractivity contribution is -0.135. The van der Waals surface area contributed by atoms with Crippen molar-refractivity contribution in [3.8, 4) is 0 Å². The normalized spacial score (nSPS) is 27.9. The summed E-state index contributed by atoms with van der Waals surface area (Å²) in [6.07, 6.45) is 7.70.